The third-order valence-corrected chi connectivity index (χ3v) is 17.7. The van der Waals surface area contributed by atoms with Gasteiger partial charge in [0.1, 0.15) is 177 Å². The Bertz CT molecular complexity index is 2460. The number of carbonyl (C=O) groups is 3. The van der Waals surface area contributed by atoms with E-state index in [4.69, 9.17) is 71.1 Å². The first-order valence-corrected chi connectivity index (χ1v) is 30.7. The summed E-state index contributed by atoms with van der Waals surface area (Å²) >= 11 is 0. The summed E-state index contributed by atoms with van der Waals surface area (Å²) in [6.45, 7) is 1.19. The number of ether oxygens (including phenoxy) is 15. The molecule has 0 radical (unpaired) electrons. The lowest BCUT2D eigenvalue weighted by atomic mass is 9.93. The van der Waals surface area contributed by atoms with Crippen molar-refractivity contribution in [3.8, 4) is 0 Å². The maximum absolute atomic E-state index is 13.7. The second-order valence-corrected chi connectivity index (χ2v) is 24.5. The number of carbonyl (C=O) groups excluding carboxylic acids is 3. The number of nitrogens with one attached hydrogen (secondary N) is 3. The van der Waals surface area contributed by atoms with Crippen molar-refractivity contribution in [1.29, 1.82) is 0 Å². The van der Waals surface area contributed by atoms with E-state index in [2.05, 4.69) is 16.0 Å². The SMILES string of the molecule is CC(=O)N[C@@H]1[C@@H](O[C@@H]2O[C@@H](C)[C@@H](O)[C@@H](O)[C@@H]2O)[C@H](O[C@@H]2O[C@H](CO)[C@H](O)[C@H](O[C@@H]3O[C@H](CO)[C@@H](O[C@@H]4O[C@@H](C)[C@@H](O)[C@@H](O)[C@@H]4O)[C@H](O[C@@H]4O[C@H](CO)[C@H](O)[C@H](O[C@H]5O[C@H](CO)[C@H](O)[C@H](O)[C@H]5NC(C)=O)[C@H]4O[C@@H]4O[C@@H](C)[C@@H](O)[C@@H](O)[C@@H]4O)[C@H]3NC(C)=O)[C@H]2O)[C@@H](CO)O[C@@H]1O. The Morgan fingerprint density at radius 2 is 0.579 bits per heavy atom. The van der Waals surface area contributed by atoms with Gasteiger partial charge in [-0.15, -0.1) is 0 Å². The van der Waals surface area contributed by atoms with Crippen LogP contribution in [0.1, 0.15) is 41.5 Å². The molecule has 8 aliphatic rings. The molecule has 8 heterocycles. The minimum atomic E-state index is -2.40. The number of aliphatic hydroxyl groups is 20. The normalized spacial score (nSPS) is 50.7. The number of hydrogen-bond acceptors (Lipinski definition) is 38. The fourth-order valence-electron chi connectivity index (χ4n) is 12.5. The molecular formula is C54H91N3O38. The van der Waals surface area contributed by atoms with Crippen LogP contribution in [-0.4, -0.2) is 398 Å². The topological polar surface area (TPSA) is 630 Å². The minimum Gasteiger partial charge on any atom is -0.394 e. The molecule has 41 heteroatoms. The third kappa shape index (κ3) is 16.8. The molecule has 41 nitrogen and oxygen atoms in total. The van der Waals surface area contributed by atoms with Crippen LogP contribution >= 0.6 is 0 Å². The van der Waals surface area contributed by atoms with Gasteiger partial charge in [0.15, 0.2) is 50.3 Å². The monoisotopic (exact) mass is 1390 g/mol. The van der Waals surface area contributed by atoms with Gasteiger partial charge in [-0.05, 0) is 20.8 Å². The van der Waals surface area contributed by atoms with E-state index in [0.717, 1.165) is 20.8 Å². The zero-order valence-corrected chi connectivity index (χ0v) is 51.9. The Balaban J connectivity index is 1.21. The van der Waals surface area contributed by atoms with Crippen molar-refractivity contribution in [2.75, 3.05) is 33.0 Å². The number of amides is 3. The first-order chi connectivity index (χ1) is 44.8. The Hall–Kier alpha value is -2.99. The summed E-state index contributed by atoms with van der Waals surface area (Å²) in [6.07, 6.45) is -73.0. The van der Waals surface area contributed by atoms with Gasteiger partial charge in [-0.3, -0.25) is 14.4 Å². The van der Waals surface area contributed by atoms with Crippen LogP contribution in [0.25, 0.3) is 0 Å². The van der Waals surface area contributed by atoms with E-state index in [1.165, 1.54) is 20.8 Å². The summed E-state index contributed by atoms with van der Waals surface area (Å²) in [4.78, 5) is 38.9. The summed E-state index contributed by atoms with van der Waals surface area (Å²) in [5, 5.41) is 229. The molecule has 0 bridgehead atoms. The second-order valence-electron chi connectivity index (χ2n) is 24.5. The molecule has 8 saturated heterocycles. The van der Waals surface area contributed by atoms with Gasteiger partial charge in [0.25, 0.3) is 0 Å². The van der Waals surface area contributed by atoms with Crippen LogP contribution in [-0.2, 0) is 85.4 Å². The van der Waals surface area contributed by atoms with Crippen LogP contribution in [0.15, 0.2) is 0 Å². The summed E-state index contributed by atoms with van der Waals surface area (Å²) in [5.41, 5.74) is 0. The van der Waals surface area contributed by atoms with Crippen molar-refractivity contribution in [3.05, 3.63) is 0 Å². The molecule has 0 aromatic rings. The predicted octanol–water partition coefficient (Wildman–Crippen LogP) is -14.9. The largest absolute Gasteiger partial charge is 0.394 e. The number of rotatable bonds is 22. The van der Waals surface area contributed by atoms with Crippen LogP contribution in [0.2, 0.25) is 0 Å². The van der Waals surface area contributed by atoms with Crippen LogP contribution in [0.3, 0.4) is 0 Å². The number of aliphatic hydroxyl groups excluding tert-OH is 20. The molecule has 95 heavy (non-hydrogen) atoms. The molecule has 0 aromatic heterocycles. The lowest BCUT2D eigenvalue weighted by molar-refractivity contribution is -0.409. The van der Waals surface area contributed by atoms with E-state index in [9.17, 15) is 117 Å². The Morgan fingerprint density at radius 3 is 1.03 bits per heavy atom. The fourth-order valence-corrected chi connectivity index (χ4v) is 12.5. The zero-order valence-electron chi connectivity index (χ0n) is 51.9. The third-order valence-electron chi connectivity index (χ3n) is 17.7. The Labute approximate surface area is 540 Å². The second kappa shape index (κ2) is 33.2. The van der Waals surface area contributed by atoms with Crippen LogP contribution in [0, 0.1) is 0 Å². The van der Waals surface area contributed by atoms with E-state index >= 15 is 0 Å². The minimum absolute atomic E-state index is 0.827. The fraction of sp³-hybridized carbons (Fsp3) is 0.944. The van der Waals surface area contributed by atoms with E-state index in [1.807, 2.05) is 0 Å². The highest BCUT2D eigenvalue weighted by atomic mass is 16.8. The van der Waals surface area contributed by atoms with Gasteiger partial charge >= 0.3 is 0 Å². The summed E-state index contributed by atoms with van der Waals surface area (Å²) in [7, 11) is 0. The molecule has 0 aromatic carbocycles. The zero-order chi connectivity index (χ0) is 70.1. The summed E-state index contributed by atoms with van der Waals surface area (Å²) in [6, 6.07) is -5.58. The predicted molar refractivity (Wildman–Crippen MR) is 295 cm³/mol. The Kier molecular flexibility index (Phi) is 27.2. The van der Waals surface area contributed by atoms with Crippen LogP contribution in [0.4, 0.5) is 0 Å². The Morgan fingerprint density at radius 1 is 0.274 bits per heavy atom. The van der Waals surface area contributed by atoms with Gasteiger partial charge in [-0.25, -0.2) is 0 Å². The molecule has 8 rings (SSSR count). The van der Waals surface area contributed by atoms with Crippen LogP contribution in [0.5, 0.6) is 0 Å². The maximum atomic E-state index is 13.7. The van der Waals surface area contributed by atoms with E-state index in [-0.39, 0.29) is 0 Å². The van der Waals surface area contributed by atoms with Crippen molar-refractivity contribution in [2.45, 2.75) is 287 Å². The van der Waals surface area contributed by atoms with Crippen molar-refractivity contribution in [1.82, 2.24) is 16.0 Å². The molecular weight excluding hydrogens is 1300 g/mol. The number of hydrogen-bond donors (Lipinski definition) is 23. The average Bonchev–Trinajstić information content (AvgIpc) is 0.763. The van der Waals surface area contributed by atoms with Crippen molar-refractivity contribution in [2.24, 2.45) is 0 Å². The quantitative estimate of drug-likeness (QED) is 0.0479. The molecule has 0 spiro atoms. The van der Waals surface area contributed by atoms with Gasteiger partial charge in [0, 0.05) is 20.8 Å². The van der Waals surface area contributed by atoms with Gasteiger partial charge < -0.3 is 189 Å². The lowest BCUT2D eigenvalue weighted by Crippen LogP contribution is -2.72. The highest BCUT2D eigenvalue weighted by molar-refractivity contribution is 5.74. The van der Waals surface area contributed by atoms with Gasteiger partial charge in [0.2, 0.25) is 17.7 Å². The highest BCUT2D eigenvalue weighted by Gasteiger charge is 2.61. The molecule has 0 saturated carbocycles. The molecule has 8 fully saturated rings. The van der Waals surface area contributed by atoms with Gasteiger partial charge in [-0.1, -0.05) is 0 Å². The molecule has 8 aliphatic heterocycles. The summed E-state index contributed by atoms with van der Waals surface area (Å²) in [5.74, 6) is -2.69. The van der Waals surface area contributed by atoms with Gasteiger partial charge in [-0.2, -0.15) is 0 Å². The first-order valence-electron chi connectivity index (χ1n) is 30.7. The smallest absolute Gasteiger partial charge is 0.217 e. The van der Waals surface area contributed by atoms with E-state index < -0.39 is 296 Å². The average molecular weight is 1390 g/mol. The van der Waals surface area contributed by atoms with Crippen molar-refractivity contribution >= 4 is 17.7 Å². The highest BCUT2D eigenvalue weighted by Crippen LogP contribution is 2.41. The standard InChI is InChI=1S/C54H91N3O38/c1-12-26(66)33(73)36(76)50(81-12)89-41-22(11-62)88-49(93-44-30(70)19(8-59)86-53(39(44)79)90-40-21(10-61)84-47(80)24(56-16(5)64)42(40)91-51-37(77)34(74)27(67)13(2)82-51)25(57-17(6)65)43(41)92-54-46(95-52-38(78)35(75)28(68)14(3)83-52)45(31(71)20(9-60)87-54)94-48-23(55-15(4)63)32(72)29(69)18(7-58)85-48/h12-14,18-54,58-62,66-80H,7-11H2,1-6H3,(H,55,63)(H,56,64)(H,57,65)/t12-,13-,14-,18+,19+,20+,21+,22+,23+,24+,25+,26+,27+,28+,29-,30-,31-,32+,33+,34+,35+,36-,37-,38-,39+,40+,41+,42+,43+,44-,45-,46+,47-,48+,49-,50-,51-,52-,53-,54-/m0/s1. The summed E-state index contributed by atoms with van der Waals surface area (Å²) < 4.78 is 91.0. The maximum Gasteiger partial charge on any atom is 0.217 e. The van der Waals surface area contributed by atoms with E-state index in [1.54, 1.807) is 0 Å². The van der Waals surface area contributed by atoms with Crippen molar-refractivity contribution in [3.63, 3.8) is 0 Å². The molecule has 40 atom stereocenters. The molecule has 550 valence electrons. The van der Waals surface area contributed by atoms with E-state index in [0.29, 0.717) is 0 Å². The molecule has 0 unspecified atom stereocenters. The van der Waals surface area contributed by atoms with Gasteiger partial charge in [0.05, 0.1) is 51.3 Å². The lowest BCUT2D eigenvalue weighted by Gasteiger charge is -2.53. The van der Waals surface area contributed by atoms with Crippen LogP contribution < -0.4 is 16.0 Å². The molecule has 0 aliphatic carbocycles. The first kappa shape index (κ1) is 77.7. The molecule has 23 N–H and O–H groups in total. The van der Waals surface area contributed by atoms with Crippen molar-refractivity contribution < 1.29 is 188 Å². The molecule has 3 amide bonds.